The number of hydrogen-bond donors (Lipinski definition) is 1. The van der Waals surface area contributed by atoms with E-state index in [1.165, 1.54) is 0 Å². The summed E-state index contributed by atoms with van der Waals surface area (Å²) in [6, 6.07) is 7.43. The van der Waals surface area contributed by atoms with Crippen molar-refractivity contribution in [1.82, 2.24) is 15.1 Å². The summed E-state index contributed by atoms with van der Waals surface area (Å²) in [5.74, 6) is -0.0877. The average Bonchev–Trinajstić information content (AvgIpc) is 2.75. The van der Waals surface area contributed by atoms with E-state index < -0.39 is 0 Å². The minimum atomic E-state index is -0.0877. The number of halogens is 2. The van der Waals surface area contributed by atoms with E-state index in [0.717, 1.165) is 21.1 Å². The highest BCUT2D eigenvalue weighted by atomic mass is 79.9. The quantitative estimate of drug-likeness (QED) is 0.878. The van der Waals surface area contributed by atoms with Gasteiger partial charge in [0.05, 0.1) is 11.3 Å². The first-order valence-corrected chi connectivity index (χ1v) is 7.36. The molecule has 0 atom stereocenters. The predicted molar refractivity (Wildman–Crippen MR) is 81.1 cm³/mol. The van der Waals surface area contributed by atoms with E-state index in [1.807, 2.05) is 31.4 Å². The Morgan fingerprint density at radius 3 is 2.79 bits per heavy atom. The topological polar surface area (TPSA) is 46.9 Å². The van der Waals surface area contributed by atoms with Gasteiger partial charge in [0.25, 0.3) is 5.91 Å². The van der Waals surface area contributed by atoms with Crippen molar-refractivity contribution in [1.29, 1.82) is 0 Å². The van der Waals surface area contributed by atoms with Gasteiger partial charge in [-0.05, 0) is 40.2 Å². The number of aryl methyl sites for hydroxylation is 1. The van der Waals surface area contributed by atoms with Crippen LogP contribution >= 0.6 is 31.9 Å². The molecule has 0 radical (unpaired) electrons. The van der Waals surface area contributed by atoms with E-state index in [2.05, 4.69) is 42.3 Å². The number of carbonyl (C=O) groups is 1. The van der Waals surface area contributed by atoms with E-state index >= 15 is 0 Å². The molecule has 0 aliphatic rings. The van der Waals surface area contributed by atoms with Crippen LogP contribution in [0.15, 0.2) is 39.4 Å². The number of aromatic nitrogens is 2. The second-order valence-electron chi connectivity index (χ2n) is 4.11. The lowest BCUT2D eigenvalue weighted by molar-refractivity contribution is 0.0953. The molecule has 0 saturated heterocycles. The zero-order valence-corrected chi connectivity index (χ0v) is 13.5. The summed E-state index contributed by atoms with van der Waals surface area (Å²) in [6.45, 7) is 0.568. The Bertz CT molecular complexity index is 595. The van der Waals surface area contributed by atoms with Crippen molar-refractivity contribution in [3.05, 3.63) is 50.7 Å². The number of carbonyl (C=O) groups excluding carboxylic acids is 1. The van der Waals surface area contributed by atoms with Gasteiger partial charge in [-0.3, -0.25) is 9.48 Å². The lowest BCUT2D eigenvalue weighted by Crippen LogP contribution is -2.26. The molecular formula is C13H13Br2N3O. The number of nitrogens with one attached hydrogen (secondary N) is 1. The minimum Gasteiger partial charge on any atom is -0.352 e. The van der Waals surface area contributed by atoms with Crippen LogP contribution in [0.3, 0.4) is 0 Å². The summed E-state index contributed by atoms with van der Waals surface area (Å²) < 4.78 is 3.46. The van der Waals surface area contributed by atoms with Crippen LogP contribution in [0.2, 0.25) is 0 Å². The molecule has 1 aromatic heterocycles. The van der Waals surface area contributed by atoms with E-state index in [0.29, 0.717) is 12.1 Å². The third kappa shape index (κ3) is 3.91. The lowest BCUT2D eigenvalue weighted by atomic mass is 10.2. The zero-order chi connectivity index (χ0) is 13.8. The van der Waals surface area contributed by atoms with Crippen molar-refractivity contribution in [2.24, 2.45) is 7.05 Å². The van der Waals surface area contributed by atoms with Gasteiger partial charge in [-0.25, -0.2) is 0 Å². The average molecular weight is 387 g/mol. The number of amides is 1. The van der Waals surface area contributed by atoms with Crippen LogP contribution in [0.1, 0.15) is 16.1 Å². The molecule has 1 heterocycles. The van der Waals surface area contributed by atoms with Crippen molar-refractivity contribution in [2.75, 3.05) is 6.54 Å². The van der Waals surface area contributed by atoms with Crippen LogP contribution in [0.5, 0.6) is 0 Å². The molecule has 0 aliphatic carbocycles. The molecule has 0 saturated carbocycles. The molecule has 19 heavy (non-hydrogen) atoms. The molecule has 0 aliphatic heterocycles. The SMILES string of the molecule is Cn1ccc(CCNC(=O)c2ccc(Br)cc2Br)n1. The molecule has 0 bridgehead atoms. The van der Waals surface area contributed by atoms with Crippen LogP contribution in [0.4, 0.5) is 0 Å². The largest absolute Gasteiger partial charge is 0.352 e. The van der Waals surface area contributed by atoms with Gasteiger partial charge in [0.1, 0.15) is 0 Å². The van der Waals surface area contributed by atoms with Gasteiger partial charge < -0.3 is 5.32 Å². The van der Waals surface area contributed by atoms with E-state index in [4.69, 9.17) is 0 Å². The molecule has 0 spiro atoms. The fourth-order valence-corrected chi connectivity index (χ4v) is 2.90. The third-order valence-corrected chi connectivity index (χ3v) is 3.76. The summed E-state index contributed by atoms with van der Waals surface area (Å²) in [5, 5.41) is 7.14. The number of benzene rings is 1. The van der Waals surface area contributed by atoms with Crippen LogP contribution < -0.4 is 5.32 Å². The molecule has 0 unspecified atom stereocenters. The van der Waals surface area contributed by atoms with Crippen molar-refractivity contribution >= 4 is 37.8 Å². The van der Waals surface area contributed by atoms with Crippen molar-refractivity contribution in [2.45, 2.75) is 6.42 Å². The van der Waals surface area contributed by atoms with Crippen molar-refractivity contribution in [3.8, 4) is 0 Å². The van der Waals surface area contributed by atoms with Gasteiger partial charge in [-0.15, -0.1) is 0 Å². The summed E-state index contributed by atoms with van der Waals surface area (Å²) in [5.41, 5.74) is 1.60. The summed E-state index contributed by atoms with van der Waals surface area (Å²) in [6.07, 6.45) is 2.61. The Balaban J connectivity index is 1.90. The highest BCUT2D eigenvalue weighted by Crippen LogP contribution is 2.21. The first kappa shape index (κ1) is 14.3. The maximum atomic E-state index is 12.0. The standard InChI is InChI=1S/C13H13Br2N3O/c1-18-7-5-10(17-18)4-6-16-13(19)11-3-2-9(14)8-12(11)15/h2-3,5,7-8H,4,6H2,1H3,(H,16,19). The van der Waals surface area contributed by atoms with Crippen LogP contribution in [0, 0.1) is 0 Å². The molecule has 6 heteroatoms. The fourth-order valence-electron chi connectivity index (χ4n) is 1.67. The maximum absolute atomic E-state index is 12.0. The zero-order valence-electron chi connectivity index (χ0n) is 10.4. The van der Waals surface area contributed by atoms with Gasteiger partial charge in [-0.1, -0.05) is 15.9 Å². The normalized spacial score (nSPS) is 10.5. The van der Waals surface area contributed by atoms with E-state index in [1.54, 1.807) is 10.7 Å². The molecule has 0 fully saturated rings. The molecule has 2 rings (SSSR count). The highest BCUT2D eigenvalue weighted by molar-refractivity contribution is 9.11. The van der Waals surface area contributed by atoms with Gasteiger partial charge in [0, 0.05) is 35.2 Å². The molecule has 1 aromatic carbocycles. The highest BCUT2D eigenvalue weighted by Gasteiger charge is 2.09. The second-order valence-corrected chi connectivity index (χ2v) is 5.88. The number of hydrogen-bond acceptors (Lipinski definition) is 2. The van der Waals surface area contributed by atoms with Gasteiger partial charge in [0.15, 0.2) is 0 Å². The predicted octanol–water partition coefficient (Wildman–Crippen LogP) is 2.92. The van der Waals surface area contributed by atoms with Gasteiger partial charge >= 0.3 is 0 Å². The van der Waals surface area contributed by atoms with E-state index in [9.17, 15) is 4.79 Å². The molecule has 2 aromatic rings. The summed E-state index contributed by atoms with van der Waals surface area (Å²) >= 11 is 6.74. The smallest absolute Gasteiger partial charge is 0.252 e. The van der Waals surface area contributed by atoms with Crippen molar-refractivity contribution in [3.63, 3.8) is 0 Å². The fraction of sp³-hybridized carbons (Fsp3) is 0.231. The number of nitrogens with zero attached hydrogens (tertiary/aromatic N) is 2. The Kier molecular flexibility index (Phi) is 4.76. The van der Waals surface area contributed by atoms with Crippen LogP contribution in [-0.2, 0) is 13.5 Å². The Hall–Kier alpha value is -1.14. The summed E-state index contributed by atoms with van der Waals surface area (Å²) in [4.78, 5) is 12.0. The molecule has 1 amide bonds. The lowest BCUT2D eigenvalue weighted by Gasteiger charge is -2.06. The van der Waals surface area contributed by atoms with Crippen molar-refractivity contribution < 1.29 is 4.79 Å². The Morgan fingerprint density at radius 2 is 2.16 bits per heavy atom. The van der Waals surface area contributed by atoms with Gasteiger partial charge in [-0.2, -0.15) is 5.10 Å². The van der Waals surface area contributed by atoms with E-state index in [-0.39, 0.29) is 5.91 Å². The molecular weight excluding hydrogens is 374 g/mol. The van der Waals surface area contributed by atoms with Gasteiger partial charge in [0.2, 0.25) is 0 Å². The monoisotopic (exact) mass is 385 g/mol. The number of rotatable bonds is 4. The first-order valence-electron chi connectivity index (χ1n) is 5.78. The van der Waals surface area contributed by atoms with Crippen LogP contribution in [-0.4, -0.2) is 22.2 Å². The minimum absolute atomic E-state index is 0.0877. The Morgan fingerprint density at radius 1 is 1.37 bits per heavy atom. The molecule has 1 N–H and O–H groups in total. The molecule has 100 valence electrons. The third-order valence-electron chi connectivity index (χ3n) is 2.61. The summed E-state index contributed by atoms with van der Waals surface area (Å²) in [7, 11) is 1.88. The Labute approximate surface area is 128 Å². The first-order chi connectivity index (χ1) is 9.06. The second kappa shape index (κ2) is 6.34. The van der Waals surface area contributed by atoms with Crippen LogP contribution in [0.25, 0.3) is 0 Å². The maximum Gasteiger partial charge on any atom is 0.252 e. The molecule has 4 nitrogen and oxygen atoms in total.